The zero-order valence-electron chi connectivity index (χ0n) is 14.9. The second-order valence-electron chi connectivity index (χ2n) is 7.96. The van der Waals surface area contributed by atoms with Crippen molar-refractivity contribution in [3.63, 3.8) is 0 Å². The fraction of sp³-hybridized carbons (Fsp3) is 0.632. The molecule has 0 fully saturated rings. The van der Waals surface area contributed by atoms with Crippen molar-refractivity contribution in [1.29, 1.82) is 0 Å². The van der Waals surface area contributed by atoms with Gasteiger partial charge in [-0.15, -0.1) is 0 Å². The molecule has 0 bridgehead atoms. The van der Waals surface area contributed by atoms with Gasteiger partial charge < -0.3 is 15.3 Å². The van der Waals surface area contributed by atoms with Crippen molar-refractivity contribution in [3.05, 3.63) is 34.9 Å². The topological polar surface area (TPSA) is 52.6 Å². The summed E-state index contributed by atoms with van der Waals surface area (Å²) in [5.41, 5.74) is 4.14. The molecule has 23 heavy (non-hydrogen) atoms. The third-order valence-corrected chi connectivity index (χ3v) is 4.51. The van der Waals surface area contributed by atoms with E-state index < -0.39 is 12.0 Å². The van der Waals surface area contributed by atoms with Crippen LogP contribution in [0, 0.1) is 5.41 Å². The number of likely N-dealkylation sites (N-methyl/N-ethyl adjacent to an activating group) is 1. The minimum Gasteiger partial charge on any atom is -0.480 e. The number of hydrogen-bond donors (Lipinski definition) is 2. The Hall–Kier alpha value is -1.39. The van der Waals surface area contributed by atoms with Crippen molar-refractivity contribution < 1.29 is 9.90 Å². The largest absolute Gasteiger partial charge is 0.480 e. The maximum atomic E-state index is 11.4. The monoisotopic (exact) mass is 318 g/mol. The predicted octanol–water partition coefficient (Wildman–Crippen LogP) is 3.04. The van der Waals surface area contributed by atoms with Gasteiger partial charge in [-0.2, -0.15) is 0 Å². The van der Waals surface area contributed by atoms with E-state index >= 15 is 0 Å². The summed E-state index contributed by atoms with van der Waals surface area (Å²) >= 11 is 0. The van der Waals surface area contributed by atoms with Crippen molar-refractivity contribution >= 4 is 5.97 Å². The summed E-state index contributed by atoms with van der Waals surface area (Å²) in [4.78, 5) is 13.8. The lowest BCUT2D eigenvalue weighted by molar-refractivity contribution is -0.139. The second-order valence-corrected chi connectivity index (χ2v) is 7.96. The second kappa shape index (κ2) is 7.45. The molecular formula is C19H30N2O2. The average Bonchev–Trinajstić information content (AvgIpc) is 2.45. The lowest BCUT2D eigenvalue weighted by Crippen LogP contribution is -2.37. The number of nitrogens with one attached hydrogen (secondary N) is 1. The van der Waals surface area contributed by atoms with Gasteiger partial charge in [-0.1, -0.05) is 39.0 Å². The molecule has 1 aromatic carbocycles. The van der Waals surface area contributed by atoms with Gasteiger partial charge in [-0.05, 0) is 48.4 Å². The Labute approximate surface area is 139 Å². The number of rotatable bonds is 6. The normalized spacial score (nSPS) is 16.9. The van der Waals surface area contributed by atoms with Gasteiger partial charge in [0.1, 0.15) is 6.04 Å². The maximum absolute atomic E-state index is 11.4. The molecule has 0 radical (unpaired) electrons. The zero-order chi connectivity index (χ0) is 17.0. The first-order chi connectivity index (χ1) is 10.7. The number of fused-ring (bicyclic) bond motifs is 1. The summed E-state index contributed by atoms with van der Waals surface area (Å²) in [6, 6.07) is 6.06. The molecule has 0 unspecified atom stereocenters. The van der Waals surface area contributed by atoms with E-state index in [9.17, 15) is 9.90 Å². The molecule has 1 aromatic rings. The molecule has 2 rings (SSSR count). The van der Waals surface area contributed by atoms with E-state index in [4.69, 9.17) is 0 Å². The number of carbonyl (C=O) groups is 1. The summed E-state index contributed by atoms with van der Waals surface area (Å²) in [5.74, 6) is -0.756. The number of benzene rings is 1. The summed E-state index contributed by atoms with van der Waals surface area (Å²) in [7, 11) is 2.14. The molecule has 1 heterocycles. The Bertz CT molecular complexity index is 549. The van der Waals surface area contributed by atoms with E-state index in [1.807, 2.05) is 0 Å². The standard InChI is InChI=1S/C19H30N2O2/c1-19(2,3)9-7-17(18(22)23)20-12-14-5-6-16-13-21(4)10-8-15(16)11-14/h5-6,11,17,20H,7-10,12-13H2,1-4H3,(H,22,23)/t17-/m0/s1. The van der Waals surface area contributed by atoms with E-state index in [0.717, 1.165) is 25.9 Å². The highest BCUT2D eigenvalue weighted by molar-refractivity contribution is 5.73. The SMILES string of the molecule is CN1CCc2cc(CN[C@@H](CCC(C)(C)C)C(=O)O)ccc2C1. The summed E-state index contributed by atoms with van der Waals surface area (Å²) in [5, 5.41) is 12.6. The summed E-state index contributed by atoms with van der Waals surface area (Å²) < 4.78 is 0. The van der Waals surface area contributed by atoms with Crippen molar-refractivity contribution in [2.45, 2.75) is 59.2 Å². The van der Waals surface area contributed by atoms with Crippen LogP contribution in [0.2, 0.25) is 0 Å². The maximum Gasteiger partial charge on any atom is 0.320 e. The third-order valence-electron chi connectivity index (χ3n) is 4.51. The lowest BCUT2D eigenvalue weighted by Gasteiger charge is -2.25. The number of aliphatic carboxylic acids is 1. The Kier molecular flexibility index (Phi) is 5.82. The van der Waals surface area contributed by atoms with Crippen molar-refractivity contribution in [3.8, 4) is 0 Å². The summed E-state index contributed by atoms with van der Waals surface area (Å²) in [6.07, 6.45) is 2.63. The first-order valence-electron chi connectivity index (χ1n) is 8.50. The van der Waals surface area contributed by atoms with E-state index in [1.54, 1.807) is 0 Å². The Morgan fingerprint density at radius 2 is 2.09 bits per heavy atom. The quantitative estimate of drug-likeness (QED) is 0.846. The molecule has 1 aliphatic heterocycles. The smallest absolute Gasteiger partial charge is 0.320 e. The molecule has 0 saturated carbocycles. The Morgan fingerprint density at radius 1 is 1.35 bits per heavy atom. The first-order valence-corrected chi connectivity index (χ1v) is 8.50. The number of carboxylic acids is 1. The molecule has 0 spiro atoms. The summed E-state index contributed by atoms with van der Waals surface area (Å²) in [6.45, 7) is 9.15. The van der Waals surface area contributed by atoms with Crippen LogP contribution in [0.4, 0.5) is 0 Å². The molecule has 4 heteroatoms. The van der Waals surface area contributed by atoms with Crippen LogP contribution in [0.3, 0.4) is 0 Å². The highest BCUT2D eigenvalue weighted by Crippen LogP contribution is 2.22. The van der Waals surface area contributed by atoms with E-state index in [-0.39, 0.29) is 5.41 Å². The minimum absolute atomic E-state index is 0.160. The molecule has 0 aliphatic carbocycles. The van der Waals surface area contributed by atoms with Gasteiger partial charge >= 0.3 is 5.97 Å². The zero-order valence-corrected chi connectivity index (χ0v) is 14.9. The van der Waals surface area contributed by atoms with Crippen LogP contribution in [0.1, 0.15) is 50.3 Å². The van der Waals surface area contributed by atoms with Gasteiger partial charge in [0, 0.05) is 19.6 Å². The molecule has 2 N–H and O–H groups in total. The fourth-order valence-corrected chi connectivity index (χ4v) is 2.99. The average molecular weight is 318 g/mol. The molecular weight excluding hydrogens is 288 g/mol. The van der Waals surface area contributed by atoms with Gasteiger partial charge in [0.25, 0.3) is 0 Å². The van der Waals surface area contributed by atoms with Gasteiger partial charge in [-0.25, -0.2) is 0 Å². The van der Waals surface area contributed by atoms with Crippen LogP contribution >= 0.6 is 0 Å². The highest BCUT2D eigenvalue weighted by Gasteiger charge is 2.21. The highest BCUT2D eigenvalue weighted by atomic mass is 16.4. The van der Waals surface area contributed by atoms with Gasteiger partial charge in [0.15, 0.2) is 0 Å². The van der Waals surface area contributed by atoms with Crippen molar-refractivity contribution in [1.82, 2.24) is 10.2 Å². The van der Waals surface area contributed by atoms with Crippen molar-refractivity contribution in [2.75, 3.05) is 13.6 Å². The van der Waals surface area contributed by atoms with Crippen LogP contribution in [-0.2, 0) is 24.3 Å². The third kappa shape index (κ3) is 5.63. The molecule has 0 aromatic heterocycles. The molecule has 0 saturated heterocycles. The lowest BCUT2D eigenvalue weighted by atomic mass is 9.88. The van der Waals surface area contributed by atoms with Gasteiger partial charge in [-0.3, -0.25) is 4.79 Å². The van der Waals surface area contributed by atoms with Crippen LogP contribution in [-0.4, -0.2) is 35.6 Å². The molecule has 0 amide bonds. The fourth-order valence-electron chi connectivity index (χ4n) is 2.99. The number of carboxylic acid groups (broad SMARTS) is 1. The van der Waals surface area contributed by atoms with Crippen LogP contribution in [0.5, 0.6) is 0 Å². The van der Waals surface area contributed by atoms with Gasteiger partial charge in [0.2, 0.25) is 0 Å². The molecule has 4 nitrogen and oxygen atoms in total. The van der Waals surface area contributed by atoms with E-state index in [2.05, 4.69) is 56.2 Å². The molecule has 128 valence electrons. The van der Waals surface area contributed by atoms with E-state index in [0.29, 0.717) is 13.0 Å². The van der Waals surface area contributed by atoms with Crippen LogP contribution in [0.25, 0.3) is 0 Å². The predicted molar refractivity (Wildman–Crippen MR) is 93.4 cm³/mol. The molecule has 1 atom stereocenters. The molecule has 1 aliphatic rings. The van der Waals surface area contributed by atoms with Crippen LogP contribution in [0.15, 0.2) is 18.2 Å². The van der Waals surface area contributed by atoms with Crippen LogP contribution < -0.4 is 5.32 Å². The Morgan fingerprint density at radius 3 is 2.74 bits per heavy atom. The first kappa shape index (κ1) is 18.0. The van der Waals surface area contributed by atoms with Gasteiger partial charge in [0.05, 0.1) is 0 Å². The van der Waals surface area contributed by atoms with E-state index in [1.165, 1.54) is 16.7 Å². The Balaban J connectivity index is 1.94. The number of nitrogens with zero attached hydrogens (tertiary/aromatic N) is 1. The number of hydrogen-bond acceptors (Lipinski definition) is 3. The van der Waals surface area contributed by atoms with Crippen molar-refractivity contribution in [2.24, 2.45) is 5.41 Å². The minimum atomic E-state index is -0.756.